The van der Waals surface area contributed by atoms with Gasteiger partial charge < -0.3 is 4.90 Å². The van der Waals surface area contributed by atoms with Crippen LogP contribution < -0.4 is 5.43 Å². The highest BCUT2D eigenvalue weighted by Crippen LogP contribution is 2.33. The molecular weight excluding hydrogens is 318 g/mol. The maximum Gasteiger partial charge on any atom is 0.0620 e. The van der Waals surface area contributed by atoms with Gasteiger partial charge in [0.15, 0.2) is 0 Å². The van der Waals surface area contributed by atoms with Gasteiger partial charge in [-0.05, 0) is 49.1 Å². The Bertz CT molecular complexity index is 865. The Hall–Kier alpha value is -2.81. The number of allylic oxidation sites excluding steroid dienone is 3. The number of hydrogen-bond donors (Lipinski definition) is 1. The molecule has 0 saturated carbocycles. The van der Waals surface area contributed by atoms with Gasteiger partial charge in [-0.25, -0.2) is 0 Å². The monoisotopic (exact) mass is 345 g/mol. The summed E-state index contributed by atoms with van der Waals surface area (Å²) in [5, 5.41) is 4.53. The number of rotatable bonds is 5. The van der Waals surface area contributed by atoms with E-state index in [1.807, 2.05) is 6.21 Å². The first kappa shape index (κ1) is 18.0. The third-order valence-corrected chi connectivity index (χ3v) is 4.79. The molecule has 134 valence electrons. The van der Waals surface area contributed by atoms with Crippen LogP contribution in [0.5, 0.6) is 0 Å². The Balaban J connectivity index is 1.85. The van der Waals surface area contributed by atoms with E-state index < -0.39 is 0 Å². The van der Waals surface area contributed by atoms with Gasteiger partial charge in [0.25, 0.3) is 0 Å². The number of nitrogens with one attached hydrogen (secondary N) is 1. The highest BCUT2D eigenvalue weighted by molar-refractivity contribution is 5.83. The standard InChI is InChI=1S/C23H27N3/c1-16-13-17(2)23(18(3)14-16)25-24-15-19-9-6-7-10-20(19)21-11-8-12-22(21)26(4)5/h6-15,21,25H,1-5H3. The molecule has 0 aromatic heterocycles. The van der Waals surface area contributed by atoms with Gasteiger partial charge in [0.05, 0.1) is 11.9 Å². The van der Waals surface area contributed by atoms with E-state index in [1.165, 1.54) is 28.0 Å². The number of anilines is 1. The molecule has 0 heterocycles. The summed E-state index contributed by atoms with van der Waals surface area (Å²) in [6, 6.07) is 12.8. The van der Waals surface area contributed by atoms with Crippen LogP contribution in [-0.4, -0.2) is 25.2 Å². The van der Waals surface area contributed by atoms with Crippen molar-refractivity contribution in [2.45, 2.75) is 26.7 Å². The van der Waals surface area contributed by atoms with Crippen molar-refractivity contribution < 1.29 is 0 Å². The Kier molecular flexibility index (Phi) is 5.27. The quantitative estimate of drug-likeness (QED) is 0.599. The number of aryl methyl sites for hydroxylation is 3. The van der Waals surface area contributed by atoms with Crippen LogP contribution in [0, 0.1) is 20.8 Å². The van der Waals surface area contributed by atoms with E-state index in [1.54, 1.807) is 0 Å². The summed E-state index contributed by atoms with van der Waals surface area (Å²) in [4.78, 5) is 2.18. The zero-order valence-corrected chi connectivity index (χ0v) is 16.2. The Labute approximate surface area is 156 Å². The molecule has 1 atom stereocenters. The summed E-state index contributed by atoms with van der Waals surface area (Å²) in [6.45, 7) is 6.35. The van der Waals surface area contributed by atoms with Gasteiger partial charge in [0, 0.05) is 25.7 Å². The van der Waals surface area contributed by atoms with E-state index in [0.29, 0.717) is 0 Å². The molecule has 1 aliphatic carbocycles. The molecule has 0 radical (unpaired) electrons. The molecule has 0 spiro atoms. The molecule has 0 fully saturated rings. The summed E-state index contributed by atoms with van der Waals surface area (Å²) in [5.41, 5.74) is 11.7. The molecule has 0 saturated heterocycles. The second-order valence-corrected chi connectivity index (χ2v) is 7.12. The second kappa shape index (κ2) is 7.61. The first-order chi connectivity index (χ1) is 12.5. The lowest BCUT2D eigenvalue weighted by Crippen LogP contribution is -2.16. The molecule has 26 heavy (non-hydrogen) atoms. The number of likely N-dealkylation sites (N-methyl/N-ethyl adjacent to an activating group) is 1. The topological polar surface area (TPSA) is 27.6 Å². The Morgan fingerprint density at radius 3 is 2.42 bits per heavy atom. The molecule has 1 aliphatic rings. The number of nitrogens with zero attached hydrogens (tertiary/aromatic N) is 2. The summed E-state index contributed by atoms with van der Waals surface area (Å²) in [7, 11) is 4.18. The van der Waals surface area contributed by atoms with E-state index >= 15 is 0 Å². The van der Waals surface area contributed by atoms with Crippen LogP contribution in [0.25, 0.3) is 0 Å². The molecule has 3 nitrogen and oxygen atoms in total. The van der Waals surface area contributed by atoms with E-state index in [0.717, 1.165) is 11.3 Å². The van der Waals surface area contributed by atoms with Crippen LogP contribution in [0.4, 0.5) is 5.69 Å². The zero-order valence-electron chi connectivity index (χ0n) is 16.2. The number of hydrogen-bond acceptors (Lipinski definition) is 3. The van der Waals surface area contributed by atoms with Crippen LogP contribution in [-0.2, 0) is 0 Å². The lowest BCUT2D eigenvalue weighted by Gasteiger charge is -2.23. The average molecular weight is 345 g/mol. The van der Waals surface area contributed by atoms with Crippen LogP contribution in [0.2, 0.25) is 0 Å². The molecule has 0 aliphatic heterocycles. The van der Waals surface area contributed by atoms with Crippen molar-refractivity contribution in [3.63, 3.8) is 0 Å². The maximum absolute atomic E-state index is 4.53. The number of hydrazone groups is 1. The van der Waals surface area contributed by atoms with Gasteiger partial charge >= 0.3 is 0 Å². The fraction of sp³-hybridized carbons (Fsp3) is 0.261. The largest absolute Gasteiger partial charge is 0.380 e. The van der Waals surface area contributed by atoms with Gasteiger partial charge in [-0.3, -0.25) is 5.43 Å². The smallest absolute Gasteiger partial charge is 0.0620 e. The minimum absolute atomic E-state index is 0.274. The van der Waals surface area contributed by atoms with Crippen molar-refractivity contribution in [2.75, 3.05) is 19.5 Å². The SMILES string of the molecule is Cc1cc(C)c(NN=Cc2ccccc2C2C=CC=C2N(C)C)c(C)c1. The van der Waals surface area contributed by atoms with Gasteiger partial charge in [0.2, 0.25) is 0 Å². The maximum atomic E-state index is 4.53. The summed E-state index contributed by atoms with van der Waals surface area (Å²) in [6.07, 6.45) is 8.47. The van der Waals surface area contributed by atoms with Gasteiger partial charge in [-0.15, -0.1) is 0 Å². The van der Waals surface area contributed by atoms with Crippen LogP contribution >= 0.6 is 0 Å². The molecule has 1 unspecified atom stereocenters. The average Bonchev–Trinajstić information content (AvgIpc) is 3.07. The highest BCUT2D eigenvalue weighted by Gasteiger charge is 2.20. The predicted octanol–water partition coefficient (Wildman–Crippen LogP) is 5.16. The van der Waals surface area contributed by atoms with E-state index in [2.05, 4.69) is 105 Å². The van der Waals surface area contributed by atoms with Crippen molar-refractivity contribution in [3.8, 4) is 0 Å². The first-order valence-electron chi connectivity index (χ1n) is 8.99. The Morgan fingerprint density at radius 2 is 1.73 bits per heavy atom. The van der Waals surface area contributed by atoms with Crippen molar-refractivity contribution in [2.24, 2.45) is 5.10 Å². The molecule has 2 aromatic rings. The molecule has 2 aromatic carbocycles. The van der Waals surface area contributed by atoms with E-state index in [-0.39, 0.29) is 5.92 Å². The molecular formula is C23H27N3. The molecule has 1 N–H and O–H groups in total. The molecule has 3 rings (SSSR count). The highest BCUT2D eigenvalue weighted by atomic mass is 15.3. The van der Waals surface area contributed by atoms with Gasteiger partial charge in [-0.1, -0.05) is 54.1 Å². The van der Waals surface area contributed by atoms with Crippen LogP contribution in [0.1, 0.15) is 33.7 Å². The fourth-order valence-electron chi connectivity index (χ4n) is 3.59. The zero-order chi connectivity index (χ0) is 18.7. The van der Waals surface area contributed by atoms with E-state index in [9.17, 15) is 0 Å². The normalized spacial score (nSPS) is 16.2. The summed E-state index contributed by atoms with van der Waals surface area (Å²) < 4.78 is 0. The van der Waals surface area contributed by atoms with Crippen molar-refractivity contribution >= 4 is 11.9 Å². The Morgan fingerprint density at radius 1 is 1.04 bits per heavy atom. The molecule has 3 heteroatoms. The van der Waals surface area contributed by atoms with Crippen molar-refractivity contribution in [1.29, 1.82) is 0 Å². The third-order valence-electron chi connectivity index (χ3n) is 4.79. The van der Waals surface area contributed by atoms with Gasteiger partial charge in [0.1, 0.15) is 0 Å². The summed E-state index contributed by atoms with van der Waals surface area (Å²) >= 11 is 0. The predicted molar refractivity (Wildman–Crippen MR) is 112 cm³/mol. The lowest BCUT2D eigenvalue weighted by molar-refractivity contribution is 0.487. The van der Waals surface area contributed by atoms with Crippen molar-refractivity contribution in [1.82, 2.24) is 4.90 Å². The van der Waals surface area contributed by atoms with Crippen LogP contribution in [0.3, 0.4) is 0 Å². The van der Waals surface area contributed by atoms with Crippen molar-refractivity contribution in [3.05, 3.63) is 88.1 Å². The van der Waals surface area contributed by atoms with Crippen LogP contribution in [0.15, 0.2) is 65.4 Å². The molecule has 0 bridgehead atoms. The summed E-state index contributed by atoms with van der Waals surface area (Å²) in [5.74, 6) is 0.274. The minimum atomic E-state index is 0.274. The third kappa shape index (κ3) is 3.72. The lowest BCUT2D eigenvalue weighted by atomic mass is 9.93. The molecule has 0 amide bonds. The number of benzene rings is 2. The minimum Gasteiger partial charge on any atom is -0.380 e. The van der Waals surface area contributed by atoms with E-state index in [4.69, 9.17) is 0 Å². The van der Waals surface area contributed by atoms with Gasteiger partial charge in [-0.2, -0.15) is 5.10 Å². The fourth-order valence-corrected chi connectivity index (χ4v) is 3.59. The second-order valence-electron chi connectivity index (χ2n) is 7.12. The first-order valence-corrected chi connectivity index (χ1v) is 8.99.